The molecule has 2 heterocycles. The minimum absolute atomic E-state index is 0.0491. The van der Waals surface area contributed by atoms with Gasteiger partial charge in [0.1, 0.15) is 0 Å². The van der Waals surface area contributed by atoms with Crippen molar-refractivity contribution in [1.82, 2.24) is 19.9 Å². The van der Waals surface area contributed by atoms with Gasteiger partial charge in [-0.1, -0.05) is 68.0 Å². The number of hydrogen-bond acceptors (Lipinski definition) is 5. The fourth-order valence-corrected chi connectivity index (χ4v) is 4.99. The lowest BCUT2D eigenvalue weighted by atomic mass is 9.71. The van der Waals surface area contributed by atoms with E-state index in [-0.39, 0.29) is 22.7 Å². The van der Waals surface area contributed by atoms with E-state index >= 15 is 0 Å². The Morgan fingerprint density at radius 2 is 1.84 bits per heavy atom. The maximum atomic E-state index is 11.1. The number of allylic oxidation sites excluding steroid dienone is 4. The number of aromatic nitrogens is 4. The molecular weight excluding hydrogens is 398 g/mol. The molecule has 0 aliphatic heterocycles. The van der Waals surface area contributed by atoms with E-state index < -0.39 is 0 Å². The van der Waals surface area contributed by atoms with Gasteiger partial charge in [-0.05, 0) is 52.1 Å². The van der Waals surface area contributed by atoms with E-state index in [4.69, 9.17) is 5.73 Å². The topological polar surface area (TPSA) is 97.5 Å². The van der Waals surface area contributed by atoms with Gasteiger partial charge in [0.25, 0.3) is 5.56 Å². The zero-order valence-corrected chi connectivity index (χ0v) is 18.2. The smallest absolute Gasteiger partial charge is 0.280 e. The lowest BCUT2D eigenvalue weighted by Gasteiger charge is -2.33. The molecule has 0 radical (unpaired) electrons. The van der Waals surface area contributed by atoms with E-state index in [1.165, 1.54) is 47.1 Å². The third kappa shape index (κ3) is 3.47. The second-order valence-electron chi connectivity index (χ2n) is 8.51. The van der Waals surface area contributed by atoms with Crippen molar-refractivity contribution in [2.45, 2.75) is 26.7 Å². The standard InChI is InChI=1S/C20H20.C6H5N5O/c1-13-6-5-9-18-17-11-10-15-7-3-4-8-16(15)19(17)12-14(2)20(13)18;7-6-10-4-3(5(12)11-6)8-1-2-9-4/h3-5,7-11,13-14H,6,12H2,1-2H3;1-2H,(H3,7,9,10,11,12). The van der Waals surface area contributed by atoms with Crippen LogP contribution in [0.25, 0.3) is 27.5 Å². The summed E-state index contributed by atoms with van der Waals surface area (Å²) in [7, 11) is 0. The molecule has 6 rings (SSSR count). The van der Waals surface area contributed by atoms with Crippen molar-refractivity contribution >= 4 is 33.5 Å². The number of nitrogens with zero attached hydrogens (tertiary/aromatic N) is 3. The summed E-state index contributed by atoms with van der Waals surface area (Å²) in [6, 6.07) is 13.4. The third-order valence-corrected chi connectivity index (χ3v) is 6.35. The number of aromatic amines is 1. The summed E-state index contributed by atoms with van der Waals surface area (Å²) in [5.74, 6) is 1.42. The van der Waals surface area contributed by atoms with Gasteiger partial charge < -0.3 is 5.73 Å². The lowest BCUT2D eigenvalue weighted by molar-refractivity contribution is 0.547. The molecule has 2 aromatic carbocycles. The average Bonchev–Trinajstić information content (AvgIpc) is 2.79. The van der Waals surface area contributed by atoms with Crippen molar-refractivity contribution in [3.05, 3.63) is 88.0 Å². The summed E-state index contributed by atoms with van der Waals surface area (Å²) < 4.78 is 0. The Morgan fingerprint density at radius 1 is 1.03 bits per heavy atom. The highest BCUT2D eigenvalue weighted by molar-refractivity contribution is 5.94. The quantitative estimate of drug-likeness (QED) is 0.428. The van der Waals surface area contributed by atoms with Gasteiger partial charge in [-0.3, -0.25) is 9.78 Å². The predicted octanol–water partition coefficient (Wildman–Crippen LogP) is 4.68. The van der Waals surface area contributed by atoms with Crippen molar-refractivity contribution in [2.24, 2.45) is 11.8 Å². The molecule has 0 bridgehead atoms. The minimum Gasteiger partial charge on any atom is -0.369 e. The number of hydrogen-bond donors (Lipinski definition) is 2. The average molecular weight is 424 g/mol. The van der Waals surface area contributed by atoms with Crippen LogP contribution in [0.15, 0.2) is 71.3 Å². The molecule has 0 fully saturated rings. The Balaban J connectivity index is 0.000000154. The summed E-state index contributed by atoms with van der Waals surface area (Å²) in [6.45, 7) is 4.77. The van der Waals surface area contributed by atoms with E-state index in [1.54, 1.807) is 11.1 Å². The third-order valence-electron chi connectivity index (χ3n) is 6.35. The van der Waals surface area contributed by atoms with Crippen molar-refractivity contribution in [1.29, 1.82) is 0 Å². The highest BCUT2D eigenvalue weighted by Crippen LogP contribution is 2.44. The van der Waals surface area contributed by atoms with Crippen molar-refractivity contribution in [2.75, 3.05) is 5.73 Å². The Hall–Kier alpha value is -3.80. The molecule has 0 spiro atoms. The minimum atomic E-state index is -0.370. The summed E-state index contributed by atoms with van der Waals surface area (Å²) in [5, 5.41) is 2.81. The first-order valence-electron chi connectivity index (χ1n) is 10.9. The molecule has 3 N–H and O–H groups in total. The second-order valence-corrected chi connectivity index (χ2v) is 8.51. The Morgan fingerprint density at radius 3 is 2.72 bits per heavy atom. The van der Waals surface area contributed by atoms with Crippen LogP contribution >= 0.6 is 0 Å². The van der Waals surface area contributed by atoms with Gasteiger partial charge in [-0.2, -0.15) is 4.98 Å². The largest absolute Gasteiger partial charge is 0.369 e. The Bertz CT molecular complexity index is 1450. The van der Waals surface area contributed by atoms with Crippen molar-refractivity contribution < 1.29 is 0 Å². The van der Waals surface area contributed by atoms with Crippen LogP contribution < -0.4 is 11.3 Å². The van der Waals surface area contributed by atoms with Gasteiger partial charge in [0, 0.05) is 12.4 Å². The number of rotatable bonds is 0. The van der Waals surface area contributed by atoms with Crippen LogP contribution in [-0.4, -0.2) is 19.9 Å². The van der Waals surface area contributed by atoms with Gasteiger partial charge in [0.15, 0.2) is 11.2 Å². The number of anilines is 1. The lowest BCUT2D eigenvalue weighted by Crippen LogP contribution is -2.20. The zero-order chi connectivity index (χ0) is 22.2. The molecule has 2 aromatic heterocycles. The molecule has 2 atom stereocenters. The monoisotopic (exact) mass is 423 g/mol. The van der Waals surface area contributed by atoms with Crippen LogP contribution in [0, 0.1) is 11.8 Å². The van der Waals surface area contributed by atoms with E-state index in [9.17, 15) is 4.79 Å². The predicted molar refractivity (Wildman–Crippen MR) is 129 cm³/mol. The first-order chi connectivity index (χ1) is 15.5. The first kappa shape index (κ1) is 20.1. The summed E-state index contributed by atoms with van der Waals surface area (Å²) in [5.41, 5.74) is 11.6. The second kappa shape index (κ2) is 8.04. The molecule has 4 aromatic rings. The van der Waals surface area contributed by atoms with Crippen LogP contribution in [0.5, 0.6) is 0 Å². The van der Waals surface area contributed by atoms with Crippen molar-refractivity contribution in [3.63, 3.8) is 0 Å². The molecular formula is C26H25N5O. The molecule has 0 amide bonds. The molecule has 0 saturated heterocycles. The number of nitrogens with two attached hydrogens (primary N) is 1. The molecule has 0 saturated carbocycles. The molecule has 2 unspecified atom stereocenters. The molecule has 2 aliphatic carbocycles. The zero-order valence-electron chi connectivity index (χ0n) is 18.2. The fourth-order valence-electron chi connectivity index (χ4n) is 4.99. The van der Waals surface area contributed by atoms with E-state index in [1.807, 2.05) is 0 Å². The summed E-state index contributed by atoms with van der Waals surface area (Å²) in [6.07, 6.45) is 9.97. The number of benzene rings is 2. The highest BCUT2D eigenvalue weighted by Gasteiger charge is 2.28. The van der Waals surface area contributed by atoms with E-state index in [2.05, 4.69) is 82.3 Å². The van der Waals surface area contributed by atoms with E-state index in [0.29, 0.717) is 11.8 Å². The van der Waals surface area contributed by atoms with Crippen LogP contribution in [0.1, 0.15) is 31.4 Å². The number of fused-ring (bicyclic) bond motifs is 5. The van der Waals surface area contributed by atoms with E-state index in [0.717, 1.165) is 0 Å². The first-order valence-corrected chi connectivity index (χ1v) is 10.9. The molecule has 6 heteroatoms. The maximum absolute atomic E-state index is 11.1. The van der Waals surface area contributed by atoms with Crippen LogP contribution in [0.2, 0.25) is 0 Å². The highest BCUT2D eigenvalue weighted by atomic mass is 16.1. The molecule has 2 aliphatic rings. The van der Waals surface area contributed by atoms with Gasteiger partial charge in [-0.15, -0.1) is 0 Å². The summed E-state index contributed by atoms with van der Waals surface area (Å²) in [4.78, 5) is 24.9. The fraction of sp³-hybridized carbons (Fsp3) is 0.231. The normalized spacial score (nSPS) is 19.3. The Labute approximate surface area is 185 Å². The number of nitrogens with one attached hydrogen (secondary N) is 1. The Kier molecular flexibility index (Phi) is 5.05. The van der Waals surface area contributed by atoms with Gasteiger partial charge in [-0.25, -0.2) is 9.97 Å². The molecule has 160 valence electrons. The van der Waals surface area contributed by atoms with Crippen LogP contribution in [0.4, 0.5) is 5.95 Å². The number of H-pyrrole nitrogens is 1. The van der Waals surface area contributed by atoms with Crippen molar-refractivity contribution in [3.8, 4) is 0 Å². The summed E-state index contributed by atoms with van der Waals surface area (Å²) >= 11 is 0. The SMILES string of the molecule is CC1CC=CC2=C1C(C)Cc1c2ccc2ccccc12.Nc1nc2nccnc2c(=O)[nH]1. The van der Waals surface area contributed by atoms with Crippen LogP contribution in [-0.2, 0) is 6.42 Å². The number of nitrogen functional groups attached to an aromatic ring is 1. The van der Waals surface area contributed by atoms with Gasteiger partial charge in [0.2, 0.25) is 5.95 Å². The van der Waals surface area contributed by atoms with Crippen LogP contribution in [0.3, 0.4) is 0 Å². The van der Waals surface area contributed by atoms with Gasteiger partial charge >= 0.3 is 0 Å². The van der Waals surface area contributed by atoms with Gasteiger partial charge in [0.05, 0.1) is 0 Å². The maximum Gasteiger partial charge on any atom is 0.280 e. The molecule has 32 heavy (non-hydrogen) atoms. The molecule has 6 nitrogen and oxygen atoms in total.